The lowest BCUT2D eigenvalue weighted by molar-refractivity contribution is 0.194. The Balaban J connectivity index is 1.59. The van der Waals surface area contributed by atoms with E-state index in [4.69, 9.17) is 4.74 Å². The fourth-order valence-electron chi connectivity index (χ4n) is 4.12. The van der Waals surface area contributed by atoms with E-state index in [0.29, 0.717) is 24.4 Å². The summed E-state index contributed by atoms with van der Waals surface area (Å²) >= 11 is 0. The summed E-state index contributed by atoms with van der Waals surface area (Å²) < 4.78 is 34.0. The molecule has 0 bridgehead atoms. The van der Waals surface area contributed by atoms with E-state index in [0.717, 1.165) is 30.6 Å². The number of aromatic nitrogens is 2. The van der Waals surface area contributed by atoms with Gasteiger partial charge in [-0.05, 0) is 43.7 Å². The molecule has 1 aromatic heterocycles. The number of aromatic amines is 1. The number of H-pyrrole nitrogens is 1. The Labute approximate surface area is 167 Å². The third-order valence-corrected chi connectivity index (χ3v) is 5.52. The third-order valence-electron chi connectivity index (χ3n) is 5.52. The largest absolute Gasteiger partial charge is 0.507 e. The zero-order chi connectivity index (χ0) is 20.4. The highest BCUT2D eigenvalue weighted by Gasteiger charge is 2.28. The van der Waals surface area contributed by atoms with Gasteiger partial charge in [0.25, 0.3) is 0 Å². The SMILES string of the molecule is COc1cccc(O)c1CN1CCCC(c2[nH]ncc2-c2c(F)cccc2F)C1. The van der Waals surface area contributed by atoms with Crippen molar-refractivity contribution < 1.29 is 18.6 Å². The molecule has 1 aliphatic heterocycles. The molecule has 3 aromatic rings. The lowest BCUT2D eigenvalue weighted by Crippen LogP contribution is -2.34. The monoisotopic (exact) mass is 399 g/mol. The number of ether oxygens (including phenoxy) is 1. The summed E-state index contributed by atoms with van der Waals surface area (Å²) in [5.41, 5.74) is 1.90. The van der Waals surface area contributed by atoms with Crippen molar-refractivity contribution in [1.82, 2.24) is 15.1 Å². The van der Waals surface area contributed by atoms with Gasteiger partial charge in [-0.15, -0.1) is 0 Å². The van der Waals surface area contributed by atoms with E-state index in [1.54, 1.807) is 19.2 Å². The first kappa shape index (κ1) is 19.4. The van der Waals surface area contributed by atoms with Gasteiger partial charge in [0, 0.05) is 35.8 Å². The number of methoxy groups -OCH3 is 1. The van der Waals surface area contributed by atoms with E-state index < -0.39 is 11.6 Å². The van der Waals surface area contributed by atoms with Gasteiger partial charge in [-0.3, -0.25) is 10.00 Å². The maximum atomic E-state index is 14.3. The Morgan fingerprint density at radius 3 is 2.72 bits per heavy atom. The molecule has 1 aliphatic rings. The Morgan fingerprint density at radius 2 is 1.97 bits per heavy atom. The van der Waals surface area contributed by atoms with Gasteiger partial charge in [-0.1, -0.05) is 12.1 Å². The first-order valence-corrected chi connectivity index (χ1v) is 9.63. The molecule has 0 saturated carbocycles. The fraction of sp³-hybridized carbons (Fsp3) is 0.318. The molecule has 5 nitrogen and oxygen atoms in total. The second kappa shape index (κ2) is 8.21. The minimum Gasteiger partial charge on any atom is -0.507 e. The van der Waals surface area contributed by atoms with Gasteiger partial charge in [0.1, 0.15) is 23.1 Å². The Hall–Kier alpha value is -2.93. The predicted octanol–water partition coefficient (Wildman–Crippen LogP) is 4.45. The summed E-state index contributed by atoms with van der Waals surface area (Å²) in [6, 6.07) is 9.09. The van der Waals surface area contributed by atoms with E-state index in [9.17, 15) is 13.9 Å². The van der Waals surface area contributed by atoms with Crippen LogP contribution in [0.3, 0.4) is 0 Å². The number of likely N-dealkylation sites (tertiary alicyclic amines) is 1. The molecule has 0 amide bonds. The van der Waals surface area contributed by atoms with Crippen LogP contribution in [0.1, 0.15) is 30.0 Å². The van der Waals surface area contributed by atoms with E-state index in [1.165, 1.54) is 24.4 Å². The van der Waals surface area contributed by atoms with Gasteiger partial charge in [0.05, 0.1) is 18.9 Å². The molecular weight excluding hydrogens is 376 g/mol. The van der Waals surface area contributed by atoms with Crippen molar-refractivity contribution in [2.24, 2.45) is 0 Å². The van der Waals surface area contributed by atoms with Crippen LogP contribution in [0.5, 0.6) is 11.5 Å². The highest BCUT2D eigenvalue weighted by Crippen LogP contribution is 2.37. The molecule has 1 fully saturated rings. The minimum absolute atomic E-state index is 0.0456. The number of phenolic OH excluding ortho intramolecular Hbond substituents is 1. The fourth-order valence-corrected chi connectivity index (χ4v) is 4.12. The summed E-state index contributed by atoms with van der Waals surface area (Å²) in [6.45, 7) is 2.08. The molecule has 4 rings (SSSR count). The normalized spacial score (nSPS) is 17.4. The van der Waals surface area contributed by atoms with Gasteiger partial charge in [-0.2, -0.15) is 5.10 Å². The second-order valence-corrected chi connectivity index (χ2v) is 7.33. The molecule has 1 atom stereocenters. The molecule has 152 valence electrons. The van der Waals surface area contributed by atoms with Crippen LogP contribution in [0, 0.1) is 11.6 Å². The number of piperidine rings is 1. The van der Waals surface area contributed by atoms with Gasteiger partial charge in [0.2, 0.25) is 0 Å². The quantitative estimate of drug-likeness (QED) is 0.666. The van der Waals surface area contributed by atoms with Crippen molar-refractivity contribution in [3.05, 3.63) is 65.5 Å². The Bertz CT molecular complexity index is 985. The van der Waals surface area contributed by atoms with Crippen molar-refractivity contribution in [3.63, 3.8) is 0 Å². The minimum atomic E-state index is -0.598. The molecule has 2 heterocycles. The number of hydrogen-bond acceptors (Lipinski definition) is 4. The van der Waals surface area contributed by atoms with Gasteiger partial charge >= 0.3 is 0 Å². The van der Waals surface area contributed by atoms with Crippen LogP contribution < -0.4 is 4.74 Å². The number of nitrogens with zero attached hydrogens (tertiary/aromatic N) is 2. The number of halogens is 2. The first-order chi connectivity index (χ1) is 14.1. The highest BCUT2D eigenvalue weighted by atomic mass is 19.1. The molecule has 0 aliphatic carbocycles. The highest BCUT2D eigenvalue weighted by molar-refractivity contribution is 5.67. The van der Waals surface area contributed by atoms with Crippen LogP contribution in [0.15, 0.2) is 42.6 Å². The third kappa shape index (κ3) is 3.82. The number of benzene rings is 2. The number of aromatic hydroxyl groups is 1. The average molecular weight is 399 g/mol. The molecule has 0 radical (unpaired) electrons. The van der Waals surface area contributed by atoms with Crippen LogP contribution in [0.4, 0.5) is 8.78 Å². The Kier molecular flexibility index (Phi) is 5.49. The maximum absolute atomic E-state index is 14.3. The van der Waals surface area contributed by atoms with Crippen molar-refractivity contribution in [3.8, 4) is 22.6 Å². The molecule has 29 heavy (non-hydrogen) atoms. The summed E-state index contributed by atoms with van der Waals surface area (Å²) in [5, 5.41) is 17.3. The first-order valence-electron chi connectivity index (χ1n) is 9.63. The lowest BCUT2D eigenvalue weighted by Gasteiger charge is -2.33. The topological polar surface area (TPSA) is 61.4 Å². The molecule has 1 saturated heterocycles. The van der Waals surface area contributed by atoms with Crippen molar-refractivity contribution in [1.29, 1.82) is 0 Å². The van der Waals surface area contributed by atoms with E-state index in [-0.39, 0.29) is 17.2 Å². The number of nitrogens with one attached hydrogen (secondary N) is 1. The van der Waals surface area contributed by atoms with Crippen molar-refractivity contribution in [2.75, 3.05) is 20.2 Å². The second-order valence-electron chi connectivity index (χ2n) is 7.33. The molecule has 2 aromatic carbocycles. The van der Waals surface area contributed by atoms with Gasteiger partial charge in [-0.25, -0.2) is 8.78 Å². The summed E-state index contributed by atoms with van der Waals surface area (Å²) in [7, 11) is 1.58. The smallest absolute Gasteiger partial charge is 0.134 e. The van der Waals surface area contributed by atoms with Gasteiger partial charge in [0.15, 0.2) is 0 Å². The number of hydrogen-bond donors (Lipinski definition) is 2. The van der Waals surface area contributed by atoms with E-state index in [2.05, 4.69) is 15.1 Å². The molecule has 7 heteroatoms. The van der Waals surface area contributed by atoms with E-state index in [1.807, 2.05) is 6.07 Å². The molecule has 1 unspecified atom stereocenters. The summed E-state index contributed by atoms with van der Waals surface area (Å²) in [5.74, 6) is -0.305. The summed E-state index contributed by atoms with van der Waals surface area (Å²) in [6.07, 6.45) is 3.31. The lowest BCUT2D eigenvalue weighted by atomic mass is 9.90. The van der Waals surface area contributed by atoms with Crippen LogP contribution in [0.25, 0.3) is 11.1 Å². The number of phenols is 1. The van der Waals surface area contributed by atoms with Crippen LogP contribution in [0.2, 0.25) is 0 Å². The maximum Gasteiger partial charge on any atom is 0.134 e. The summed E-state index contributed by atoms with van der Waals surface area (Å²) in [4.78, 5) is 2.22. The van der Waals surface area contributed by atoms with Crippen LogP contribution >= 0.6 is 0 Å². The van der Waals surface area contributed by atoms with E-state index >= 15 is 0 Å². The van der Waals surface area contributed by atoms with Crippen molar-refractivity contribution in [2.45, 2.75) is 25.3 Å². The molecule has 2 N–H and O–H groups in total. The van der Waals surface area contributed by atoms with Crippen LogP contribution in [-0.4, -0.2) is 40.4 Å². The Morgan fingerprint density at radius 1 is 1.21 bits per heavy atom. The molecule has 0 spiro atoms. The van der Waals surface area contributed by atoms with Crippen molar-refractivity contribution >= 4 is 0 Å². The predicted molar refractivity (Wildman–Crippen MR) is 106 cm³/mol. The average Bonchev–Trinajstić information content (AvgIpc) is 3.19. The van der Waals surface area contributed by atoms with Crippen LogP contribution in [-0.2, 0) is 6.54 Å². The zero-order valence-corrected chi connectivity index (χ0v) is 16.2. The zero-order valence-electron chi connectivity index (χ0n) is 16.2. The number of rotatable bonds is 5. The van der Waals surface area contributed by atoms with Gasteiger partial charge < -0.3 is 9.84 Å². The standard InChI is InChI=1S/C22H23F2N3O2/c1-29-20-9-3-8-19(28)16(20)13-27-10-4-5-14(12-27)22-15(11-25-26-22)21-17(23)6-2-7-18(21)24/h2-3,6-9,11,14,28H,4-5,10,12-13H2,1H3,(H,25,26). The molecular formula is C22H23F2N3O2.